The zero-order valence-corrected chi connectivity index (χ0v) is 10.8. The molecule has 2 N–H and O–H groups in total. The Kier molecular flexibility index (Phi) is 0.213. The van der Waals surface area contributed by atoms with Crippen LogP contribution in [-0.2, 0) is 6.51 Å². The van der Waals surface area contributed by atoms with Crippen molar-refractivity contribution in [2.75, 3.05) is 13.2 Å². The first kappa shape index (κ1) is 6.74. The van der Waals surface area contributed by atoms with Crippen LogP contribution >= 0.6 is 0 Å². The van der Waals surface area contributed by atoms with Gasteiger partial charge in [-0.25, -0.2) is 0 Å². The first-order chi connectivity index (χ1) is 8.05. The van der Waals surface area contributed by atoms with E-state index in [9.17, 15) is 10.2 Å². The third-order valence-corrected chi connectivity index (χ3v) is 60.5. The summed E-state index contributed by atoms with van der Waals surface area (Å²) in [7, 11) is 0. The molecule has 3 heteroatoms. The third kappa shape index (κ3) is 0.0624. The van der Waals surface area contributed by atoms with E-state index < -0.39 is 6.51 Å². The van der Waals surface area contributed by atoms with Gasteiger partial charge in [-0.3, -0.25) is 0 Å². The zero-order chi connectivity index (χ0) is 10.8. The molecule has 0 aromatic heterocycles. The zero-order valence-electron chi connectivity index (χ0n) is 9.70. The fraction of sp³-hybridized carbons (Fsp3) is 1.00. The first-order valence-corrected chi connectivity index (χ1v) is 13.7. The topological polar surface area (TPSA) is 40.5 Å². The fourth-order valence-corrected chi connectivity index (χ4v) is 97.6. The van der Waals surface area contributed by atoms with Crippen molar-refractivity contribution < 1.29 is 16.7 Å². The molecule has 0 aromatic rings. The molecular weight excluding hydrogens is 256 g/mol. The van der Waals surface area contributed by atoms with E-state index in [2.05, 4.69) is 0 Å². The molecule has 0 aromatic carbocycles. The van der Waals surface area contributed by atoms with Crippen molar-refractivity contribution in [2.45, 2.75) is 60.0 Å². The van der Waals surface area contributed by atoms with Gasteiger partial charge < -0.3 is 0 Å². The number of aliphatic hydroxyl groups excluding tert-OH is 2. The van der Waals surface area contributed by atoms with E-state index in [4.69, 9.17) is 0 Å². The van der Waals surface area contributed by atoms with Crippen molar-refractivity contribution in [3.05, 3.63) is 0 Å². The first-order valence-electron chi connectivity index (χ1n) is 7.48. The Bertz CT molecular complexity index is 889. The van der Waals surface area contributed by atoms with Gasteiger partial charge in [0, 0.05) is 0 Å². The molecule has 8 atom stereocenters. The van der Waals surface area contributed by atoms with E-state index >= 15 is 0 Å². The molecule has 10 aliphatic heterocycles. The van der Waals surface area contributed by atoms with Gasteiger partial charge >= 0.3 is 89.9 Å². The van der Waals surface area contributed by atoms with Crippen LogP contribution in [0.2, 0.25) is 47.2 Å². The van der Waals surface area contributed by atoms with Gasteiger partial charge in [-0.05, 0) is 0 Å². The predicted octanol–water partition coefficient (Wildman–Crippen LogP) is 2.88. The van der Waals surface area contributed by atoms with Gasteiger partial charge in [0.2, 0.25) is 0 Å². The van der Waals surface area contributed by atoms with Crippen molar-refractivity contribution in [1.82, 2.24) is 0 Å². The Labute approximate surface area is 90.1 Å². The Hall–Kier alpha value is 0.439. The summed E-state index contributed by atoms with van der Waals surface area (Å²) in [6.07, 6.45) is 2.44. The van der Waals surface area contributed by atoms with Crippen LogP contribution in [0.25, 0.3) is 0 Å². The van der Waals surface area contributed by atoms with Gasteiger partial charge in [-0.1, -0.05) is 0 Å². The molecule has 0 saturated carbocycles. The Balaban J connectivity index is 1.61. The Morgan fingerprint density at radius 2 is 1.06 bits per heavy atom. The molecular formula is C14H18FeO2. The standard InChI is InChI=1S/2C7H9O.Fe/c2*8-6-5-7-3-1-2-4-7;/h2*1-4,8H,5-6H2;. The van der Waals surface area contributed by atoms with E-state index in [1.807, 2.05) is 0 Å². The quantitative estimate of drug-likeness (QED) is 0.774. The second-order valence-corrected chi connectivity index (χ2v) is 34.5. The van der Waals surface area contributed by atoms with E-state index in [0.717, 1.165) is 8.63 Å². The SMILES string of the molecule is OCC[C]12[CH]3[CH]4[CH]5[CH]1[Fe]45321678[CH]2[CH]1[CH]6[C]7(CCO)[CH]28. The summed E-state index contributed by atoms with van der Waals surface area (Å²) in [5.74, 6) is 0. The van der Waals surface area contributed by atoms with Crippen LogP contribution < -0.4 is 0 Å². The second kappa shape index (κ2) is 0.537. The van der Waals surface area contributed by atoms with Crippen molar-refractivity contribution in [3.8, 4) is 0 Å². The minimum absolute atomic E-state index is 0.478. The maximum atomic E-state index is 9.60. The van der Waals surface area contributed by atoms with Gasteiger partial charge in [0.1, 0.15) is 0 Å². The second-order valence-electron chi connectivity index (χ2n) is 11.0. The molecule has 10 saturated heterocycles. The van der Waals surface area contributed by atoms with Crippen molar-refractivity contribution in [2.24, 2.45) is 0 Å². The molecule has 0 aliphatic carbocycles. The van der Waals surface area contributed by atoms with Crippen LogP contribution in [0.3, 0.4) is 0 Å². The number of fused-ring (bicyclic) bond motifs is 10. The van der Waals surface area contributed by atoms with Gasteiger partial charge in [-0.15, -0.1) is 0 Å². The van der Waals surface area contributed by atoms with Gasteiger partial charge in [-0.2, -0.15) is 0 Å². The number of hydrogen-bond acceptors (Lipinski definition) is 2. The van der Waals surface area contributed by atoms with Gasteiger partial charge in [0.05, 0.1) is 0 Å². The molecule has 8 unspecified atom stereocenters. The van der Waals surface area contributed by atoms with Gasteiger partial charge in [0.25, 0.3) is 0 Å². The van der Waals surface area contributed by atoms with Crippen LogP contribution in [0.1, 0.15) is 12.8 Å². The van der Waals surface area contributed by atoms with Crippen LogP contribution in [0.15, 0.2) is 0 Å². The average Bonchev–Trinajstić information content (AvgIpc) is 3.24. The predicted molar refractivity (Wildman–Crippen MR) is 58.8 cm³/mol. The molecule has 10 rings (SSSR count). The van der Waals surface area contributed by atoms with Crippen LogP contribution in [0.4, 0.5) is 0 Å². The van der Waals surface area contributed by atoms with Gasteiger partial charge in [0.15, 0.2) is 0 Å². The molecule has 2 nitrogen and oxygen atoms in total. The molecule has 0 radical (unpaired) electrons. The number of aliphatic hydroxyl groups is 2. The summed E-state index contributed by atoms with van der Waals surface area (Å²) in [5.41, 5.74) is 0. The molecule has 1 spiro atoms. The Morgan fingerprint density at radius 3 is 1.29 bits per heavy atom. The van der Waals surface area contributed by atoms with E-state index in [1.165, 1.54) is 51.4 Å². The Morgan fingerprint density at radius 1 is 0.706 bits per heavy atom. The molecule has 94 valence electrons. The fourth-order valence-electron chi connectivity index (χ4n) is 19.2. The molecule has 17 heavy (non-hydrogen) atoms. The molecule has 0 bridgehead atoms. The normalized spacial score (nSPS) is 124. The number of hydrogen-bond donors (Lipinski definition) is 2. The monoisotopic (exact) mass is 274 g/mol. The summed E-state index contributed by atoms with van der Waals surface area (Å²) < 4.78 is 1.69. The minimum atomic E-state index is -3.11. The van der Waals surface area contributed by atoms with Crippen LogP contribution in [0.5, 0.6) is 0 Å². The maximum absolute atomic E-state index is 9.60. The summed E-state index contributed by atoms with van der Waals surface area (Å²) in [5, 5.41) is 19.2. The van der Waals surface area contributed by atoms with Crippen molar-refractivity contribution >= 4 is 0 Å². The molecule has 10 fully saturated rings. The molecule has 0 amide bonds. The molecule has 10 aliphatic rings. The third-order valence-electron chi connectivity index (χ3n) is 16.4. The molecule has 10 heterocycles. The summed E-state index contributed by atoms with van der Waals surface area (Å²) in [4.78, 5) is 10.3. The van der Waals surface area contributed by atoms with Crippen LogP contribution in [-0.4, -0.2) is 23.4 Å². The summed E-state index contributed by atoms with van der Waals surface area (Å²) in [6, 6.07) is 0. The summed E-state index contributed by atoms with van der Waals surface area (Å²) in [6.45, 7) is -2.16. The van der Waals surface area contributed by atoms with Crippen molar-refractivity contribution in [3.63, 3.8) is 0 Å². The number of rotatable bonds is 4. The van der Waals surface area contributed by atoms with E-state index in [0.29, 0.717) is 13.2 Å². The summed E-state index contributed by atoms with van der Waals surface area (Å²) >= 11 is 0. The van der Waals surface area contributed by atoms with Crippen LogP contribution in [0, 0.1) is 0 Å². The average molecular weight is 274 g/mol. The van der Waals surface area contributed by atoms with E-state index in [-0.39, 0.29) is 0 Å². The van der Waals surface area contributed by atoms with E-state index in [1.54, 1.807) is 0 Å². The van der Waals surface area contributed by atoms with Crippen molar-refractivity contribution in [1.29, 1.82) is 0 Å².